The van der Waals surface area contributed by atoms with Gasteiger partial charge in [0.25, 0.3) is 0 Å². The fourth-order valence-corrected chi connectivity index (χ4v) is 2.59. The monoisotopic (exact) mass is 274 g/mol. The minimum Gasteiger partial charge on any atom is -0.504 e. The lowest BCUT2D eigenvalue weighted by molar-refractivity contribution is 0.369. The van der Waals surface area contributed by atoms with E-state index in [2.05, 4.69) is 10.1 Å². The van der Waals surface area contributed by atoms with E-state index in [-0.39, 0.29) is 11.8 Å². The summed E-state index contributed by atoms with van der Waals surface area (Å²) < 4.78 is 7.06. The molecule has 2 aromatic rings. The van der Waals surface area contributed by atoms with Crippen molar-refractivity contribution in [2.75, 3.05) is 13.7 Å². The van der Waals surface area contributed by atoms with Crippen molar-refractivity contribution in [2.24, 2.45) is 5.73 Å². The summed E-state index contributed by atoms with van der Waals surface area (Å²) in [5.74, 6) is 2.16. The number of aromatic hydroxyl groups is 1. The Morgan fingerprint density at radius 3 is 3.10 bits per heavy atom. The summed E-state index contributed by atoms with van der Waals surface area (Å²) in [6, 6.07) is 5.36. The van der Waals surface area contributed by atoms with E-state index in [1.165, 1.54) is 7.11 Å². The fourth-order valence-electron chi connectivity index (χ4n) is 2.59. The quantitative estimate of drug-likeness (QED) is 0.885. The molecule has 0 fully saturated rings. The Labute approximate surface area is 117 Å². The van der Waals surface area contributed by atoms with Crippen molar-refractivity contribution in [1.82, 2.24) is 14.8 Å². The van der Waals surface area contributed by atoms with Crippen LogP contribution in [0.3, 0.4) is 0 Å². The van der Waals surface area contributed by atoms with Crippen LogP contribution in [0.25, 0.3) is 11.4 Å². The predicted octanol–water partition coefficient (Wildman–Crippen LogP) is 1.50. The molecule has 0 aliphatic carbocycles. The maximum Gasteiger partial charge on any atom is 0.181 e. The number of phenolic OH excluding ortho intramolecular Hbond substituents is 1. The summed E-state index contributed by atoms with van der Waals surface area (Å²) in [5, 5.41) is 14.2. The third-order valence-electron chi connectivity index (χ3n) is 3.70. The number of rotatable bonds is 3. The van der Waals surface area contributed by atoms with Crippen LogP contribution < -0.4 is 10.5 Å². The largest absolute Gasteiger partial charge is 0.504 e. The average Bonchev–Trinajstić information content (AvgIpc) is 2.91. The number of hydrogen-bond donors (Lipinski definition) is 2. The molecule has 1 aliphatic heterocycles. The molecule has 0 saturated carbocycles. The fraction of sp³-hybridized carbons (Fsp3) is 0.429. The maximum absolute atomic E-state index is 9.64. The third-order valence-corrected chi connectivity index (χ3v) is 3.70. The van der Waals surface area contributed by atoms with Crippen molar-refractivity contribution in [3.8, 4) is 22.9 Å². The smallest absolute Gasteiger partial charge is 0.181 e. The lowest BCUT2D eigenvalue weighted by Crippen LogP contribution is -2.25. The molecule has 1 aliphatic rings. The van der Waals surface area contributed by atoms with Crippen molar-refractivity contribution < 1.29 is 9.84 Å². The highest BCUT2D eigenvalue weighted by molar-refractivity contribution is 5.60. The molecular weight excluding hydrogens is 256 g/mol. The molecule has 1 unspecified atom stereocenters. The van der Waals surface area contributed by atoms with Crippen molar-refractivity contribution in [2.45, 2.75) is 25.3 Å². The second-order valence-electron chi connectivity index (χ2n) is 4.96. The number of nitrogens with zero attached hydrogens (tertiary/aromatic N) is 3. The Bertz CT molecular complexity index is 624. The van der Waals surface area contributed by atoms with E-state index < -0.39 is 0 Å². The van der Waals surface area contributed by atoms with Gasteiger partial charge in [-0.25, -0.2) is 9.67 Å². The molecule has 0 amide bonds. The van der Waals surface area contributed by atoms with Crippen LogP contribution in [0, 0.1) is 0 Å². The first-order chi connectivity index (χ1) is 9.72. The van der Waals surface area contributed by atoms with Crippen molar-refractivity contribution in [1.29, 1.82) is 0 Å². The van der Waals surface area contributed by atoms with Crippen LogP contribution in [0.5, 0.6) is 11.5 Å². The van der Waals surface area contributed by atoms with Crippen molar-refractivity contribution in [3.05, 3.63) is 24.0 Å². The van der Waals surface area contributed by atoms with Gasteiger partial charge < -0.3 is 15.6 Å². The molecule has 3 N–H and O–H groups in total. The van der Waals surface area contributed by atoms with Gasteiger partial charge in [-0.1, -0.05) is 0 Å². The zero-order valence-corrected chi connectivity index (χ0v) is 11.4. The first-order valence-electron chi connectivity index (χ1n) is 6.75. The lowest BCUT2D eigenvalue weighted by Gasteiger charge is -2.21. The number of fused-ring (bicyclic) bond motifs is 1. The standard InChI is InChI=1S/C14H18N4O2/c1-20-12-7-9(5-6-11(12)19)14-16-13-4-2-3-10(8-15)18(13)17-14/h5-7,10,19H,2-4,8,15H2,1H3. The molecule has 20 heavy (non-hydrogen) atoms. The van der Waals surface area contributed by atoms with Gasteiger partial charge in [0, 0.05) is 18.5 Å². The number of aromatic nitrogens is 3. The number of ether oxygens (including phenoxy) is 1. The van der Waals surface area contributed by atoms with Gasteiger partial charge in [-0.05, 0) is 31.0 Å². The predicted molar refractivity (Wildman–Crippen MR) is 74.7 cm³/mol. The highest BCUT2D eigenvalue weighted by Gasteiger charge is 2.22. The van der Waals surface area contributed by atoms with Crippen LogP contribution in [-0.2, 0) is 6.42 Å². The van der Waals surface area contributed by atoms with Gasteiger partial charge in [-0.15, -0.1) is 0 Å². The molecule has 1 atom stereocenters. The second-order valence-corrected chi connectivity index (χ2v) is 4.96. The van der Waals surface area contributed by atoms with Crippen LogP contribution in [0.4, 0.5) is 0 Å². The molecule has 6 heteroatoms. The molecule has 3 rings (SSSR count). The van der Waals surface area contributed by atoms with Gasteiger partial charge in [-0.2, -0.15) is 5.10 Å². The van der Waals surface area contributed by atoms with E-state index in [1.54, 1.807) is 18.2 Å². The highest BCUT2D eigenvalue weighted by atomic mass is 16.5. The Kier molecular flexibility index (Phi) is 3.31. The summed E-state index contributed by atoms with van der Waals surface area (Å²) in [6.07, 6.45) is 3.07. The Balaban J connectivity index is 2.01. The topological polar surface area (TPSA) is 86.2 Å². The molecule has 0 bridgehead atoms. The molecule has 6 nitrogen and oxygen atoms in total. The van der Waals surface area contributed by atoms with Gasteiger partial charge in [0.2, 0.25) is 0 Å². The summed E-state index contributed by atoms with van der Waals surface area (Å²) >= 11 is 0. The van der Waals surface area contributed by atoms with E-state index >= 15 is 0 Å². The van der Waals surface area contributed by atoms with Gasteiger partial charge in [-0.3, -0.25) is 0 Å². The minimum absolute atomic E-state index is 0.111. The van der Waals surface area contributed by atoms with Crippen molar-refractivity contribution in [3.63, 3.8) is 0 Å². The summed E-state index contributed by atoms with van der Waals surface area (Å²) in [7, 11) is 1.52. The first kappa shape index (κ1) is 12.9. The molecular formula is C14H18N4O2. The summed E-state index contributed by atoms with van der Waals surface area (Å²) in [6.45, 7) is 0.578. The van der Waals surface area contributed by atoms with E-state index in [0.717, 1.165) is 30.7 Å². The van der Waals surface area contributed by atoms with Gasteiger partial charge in [0.1, 0.15) is 5.82 Å². The number of aryl methyl sites for hydroxylation is 1. The number of nitrogens with two attached hydrogens (primary N) is 1. The van der Waals surface area contributed by atoms with Crippen LogP contribution in [0.15, 0.2) is 18.2 Å². The van der Waals surface area contributed by atoms with E-state index in [1.807, 2.05) is 4.68 Å². The lowest BCUT2D eigenvalue weighted by atomic mass is 10.1. The SMILES string of the molecule is COc1cc(-c2nc3n(n2)C(CN)CCC3)ccc1O. The maximum atomic E-state index is 9.64. The molecule has 2 heterocycles. The van der Waals surface area contributed by atoms with Crippen LogP contribution in [0.2, 0.25) is 0 Å². The van der Waals surface area contributed by atoms with Gasteiger partial charge >= 0.3 is 0 Å². The average molecular weight is 274 g/mol. The first-order valence-corrected chi connectivity index (χ1v) is 6.75. The number of methoxy groups -OCH3 is 1. The molecule has 0 spiro atoms. The van der Waals surface area contributed by atoms with Crippen molar-refractivity contribution >= 4 is 0 Å². The van der Waals surface area contributed by atoms with E-state index in [4.69, 9.17) is 10.5 Å². The van der Waals surface area contributed by atoms with Crippen LogP contribution in [-0.4, -0.2) is 33.5 Å². The van der Waals surface area contributed by atoms with E-state index in [9.17, 15) is 5.11 Å². The minimum atomic E-state index is 0.111. The number of hydrogen-bond acceptors (Lipinski definition) is 5. The summed E-state index contributed by atoms with van der Waals surface area (Å²) in [4.78, 5) is 4.58. The van der Waals surface area contributed by atoms with Crippen LogP contribution >= 0.6 is 0 Å². The number of benzene rings is 1. The zero-order valence-electron chi connectivity index (χ0n) is 11.4. The van der Waals surface area contributed by atoms with Crippen LogP contribution in [0.1, 0.15) is 24.7 Å². The van der Waals surface area contributed by atoms with Gasteiger partial charge in [0.05, 0.1) is 13.2 Å². The Hall–Kier alpha value is -2.08. The third kappa shape index (κ3) is 2.12. The molecule has 106 valence electrons. The Morgan fingerprint density at radius 1 is 1.50 bits per heavy atom. The molecule has 1 aromatic carbocycles. The molecule has 0 saturated heterocycles. The molecule has 0 radical (unpaired) electrons. The summed E-state index contributed by atoms with van der Waals surface area (Å²) in [5.41, 5.74) is 6.62. The molecule has 1 aromatic heterocycles. The number of phenols is 1. The second kappa shape index (κ2) is 5.13. The van der Waals surface area contributed by atoms with E-state index in [0.29, 0.717) is 18.1 Å². The zero-order chi connectivity index (χ0) is 14.1. The normalized spacial score (nSPS) is 17.8. The highest BCUT2D eigenvalue weighted by Crippen LogP contribution is 2.31. The Morgan fingerprint density at radius 2 is 2.35 bits per heavy atom. The van der Waals surface area contributed by atoms with Gasteiger partial charge in [0.15, 0.2) is 17.3 Å².